The van der Waals surface area contributed by atoms with E-state index < -0.39 is 6.04 Å². The van der Waals surface area contributed by atoms with Crippen molar-refractivity contribution in [3.63, 3.8) is 0 Å². The summed E-state index contributed by atoms with van der Waals surface area (Å²) in [6, 6.07) is 10.1. The topological polar surface area (TPSA) is 76.2 Å². The summed E-state index contributed by atoms with van der Waals surface area (Å²) in [4.78, 5) is 41.4. The Balaban J connectivity index is 1.56. The molecular weight excluding hydrogens is 452 g/mol. The number of imide groups is 1. The van der Waals surface area contributed by atoms with Crippen LogP contribution in [0.25, 0.3) is 0 Å². The summed E-state index contributed by atoms with van der Waals surface area (Å²) in [6.45, 7) is 0.484. The molecular formula is C22H21BrN2O5. The summed E-state index contributed by atoms with van der Waals surface area (Å²) in [5, 5.41) is 0. The van der Waals surface area contributed by atoms with Gasteiger partial charge in [-0.15, -0.1) is 0 Å². The summed E-state index contributed by atoms with van der Waals surface area (Å²) in [5.41, 5.74) is 2.23. The van der Waals surface area contributed by atoms with Gasteiger partial charge in [0.05, 0.1) is 20.8 Å². The van der Waals surface area contributed by atoms with Crippen molar-refractivity contribution in [2.24, 2.45) is 0 Å². The number of ether oxygens (including phenoxy) is 2. The maximum atomic E-state index is 13.2. The summed E-state index contributed by atoms with van der Waals surface area (Å²) < 4.78 is 11.4. The SMILES string of the molecule is COc1ccc(CN2C(=O)CCC(N3Cc4cc(Br)ccc4C3=O)C2=O)cc1OC. The first-order valence-corrected chi connectivity index (χ1v) is 10.4. The van der Waals surface area contributed by atoms with Crippen molar-refractivity contribution >= 4 is 33.7 Å². The van der Waals surface area contributed by atoms with E-state index in [2.05, 4.69) is 15.9 Å². The number of carbonyl (C=O) groups is 3. The maximum absolute atomic E-state index is 13.2. The minimum absolute atomic E-state index is 0.120. The molecule has 2 aliphatic rings. The van der Waals surface area contributed by atoms with Gasteiger partial charge in [-0.1, -0.05) is 22.0 Å². The molecule has 0 spiro atoms. The molecule has 0 N–H and O–H groups in total. The molecule has 7 nitrogen and oxygen atoms in total. The van der Waals surface area contributed by atoms with Crippen LogP contribution >= 0.6 is 15.9 Å². The largest absolute Gasteiger partial charge is 0.493 e. The molecule has 0 saturated carbocycles. The third kappa shape index (κ3) is 3.56. The molecule has 2 aliphatic heterocycles. The second kappa shape index (κ2) is 8.10. The Hall–Kier alpha value is -2.87. The molecule has 4 rings (SSSR count). The highest BCUT2D eigenvalue weighted by atomic mass is 79.9. The summed E-state index contributed by atoms with van der Waals surface area (Å²) in [5.74, 6) is 0.344. The maximum Gasteiger partial charge on any atom is 0.255 e. The molecule has 156 valence electrons. The first kappa shape index (κ1) is 20.4. The molecule has 1 unspecified atom stereocenters. The van der Waals surface area contributed by atoms with E-state index in [1.165, 1.54) is 12.0 Å². The van der Waals surface area contributed by atoms with Gasteiger partial charge in [0.15, 0.2) is 11.5 Å². The number of benzene rings is 2. The van der Waals surface area contributed by atoms with Crippen molar-refractivity contribution < 1.29 is 23.9 Å². The van der Waals surface area contributed by atoms with E-state index in [-0.39, 0.29) is 30.7 Å². The van der Waals surface area contributed by atoms with Crippen LogP contribution in [-0.4, -0.2) is 47.8 Å². The van der Waals surface area contributed by atoms with E-state index in [4.69, 9.17) is 9.47 Å². The van der Waals surface area contributed by atoms with Crippen LogP contribution in [0.4, 0.5) is 0 Å². The van der Waals surface area contributed by atoms with Gasteiger partial charge < -0.3 is 14.4 Å². The van der Waals surface area contributed by atoms with Crippen molar-refractivity contribution in [2.75, 3.05) is 14.2 Å². The quantitative estimate of drug-likeness (QED) is 0.624. The fraction of sp³-hybridized carbons (Fsp3) is 0.318. The Bertz CT molecular complexity index is 1040. The molecule has 0 aliphatic carbocycles. The van der Waals surface area contributed by atoms with Crippen LogP contribution in [0.2, 0.25) is 0 Å². The minimum atomic E-state index is -0.651. The number of piperidine rings is 1. The zero-order chi connectivity index (χ0) is 21.4. The standard InChI is InChI=1S/C22H21BrN2O5/c1-29-18-7-3-13(9-19(18)30-2)11-25-20(26)8-6-17(22(25)28)24-12-14-10-15(23)4-5-16(14)21(24)27/h3-5,7,9-10,17H,6,8,11-12H2,1-2H3. The first-order valence-electron chi connectivity index (χ1n) is 9.57. The molecule has 0 radical (unpaired) electrons. The first-order chi connectivity index (χ1) is 14.4. The van der Waals surface area contributed by atoms with Gasteiger partial charge in [0, 0.05) is 23.0 Å². The average molecular weight is 473 g/mol. The van der Waals surface area contributed by atoms with Crippen molar-refractivity contribution in [1.29, 1.82) is 0 Å². The van der Waals surface area contributed by atoms with Crippen molar-refractivity contribution in [3.05, 3.63) is 57.6 Å². The number of hydrogen-bond donors (Lipinski definition) is 0. The average Bonchev–Trinajstić information content (AvgIpc) is 3.06. The predicted molar refractivity (Wildman–Crippen MR) is 112 cm³/mol. The van der Waals surface area contributed by atoms with Crippen molar-refractivity contribution in [2.45, 2.75) is 32.0 Å². The van der Waals surface area contributed by atoms with Gasteiger partial charge in [0.2, 0.25) is 5.91 Å². The van der Waals surface area contributed by atoms with Crippen molar-refractivity contribution in [3.8, 4) is 11.5 Å². The van der Waals surface area contributed by atoms with E-state index >= 15 is 0 Å². The lowest BCUT2D eigenvalue weighted by molar-refractivity contribution is -0.153. The van der Waals surface area contributed by atoms with Gasteiger partial charge in [0.25, 0.3) is 11.8 Å². The number of carbonyl (C=O) groups excluding carboxylic acids is 3. The Morgan fingerprint density at radius 3 is 2.53 bits per heavy atom. The van der Waals surface area contributed by atoms with Crippen LogP contribution in [0, 0.1) is 0 Å². The summed E-state index contributed by atoms with van der Waals surface area (Å²) >= 11 is 3.42. The van der Waals surface area contributed by atoms with E-state index in [0.717, 1.165) is 15.6 Å². The molecule has 3 amide bonds. The fourth-order valence-electron chi connectivity index (χ4n) is 4.00. The third-order valence-electron chi connectivity index (χ3n) is 5.55. The van der Waals surface area contributed by atoms with E-state index in [1.807, 2.05) is 12.1 Å². The van der Waals surface area contributed by atoms with Crippen molar-refractivity contribution in [1.82, 2.24) is 9.80 Å². The van der Waals surface area contributed by atoms with Gasteiger partial charge in [0.1, 0.15) is 6.04 Å². The Morgan fingerprint density at radius 1 is 1.03 bits per heavy atom. The molecule has 1 fully saturated rings. The van der Waals surface area contributed by atoms with Gasteiger partial charge in [-0.3, -0.25) is 19.3 Å². The Kier molecular flexibility index (Phi) is 5.51. The van der Waals surface area contributed by atoms with Crippen LogP contribution in [0.5, 0.6) is 11.5 Å². The van der Waals surface area contributed by atoms with Crippen LogP contribution in [0.1, 0.15) is 34.3 Å². The molecule has 2 aromatic carbocycles. The highest BCUT2D eigenvalue weighted by molar-refractivity contribution is 9.10. The third-order valence-corrected chi connectivity index (χ3v) is 6.04. The minimum Gasteiger partial charge on any atom is -0.493 e. The number of rotatable bonds is 5. The van der Waals surface area contributed by atoms with E-state index in [0.29, 0.717) is 30.0 Å². The van der Waals surface area contributed by atoms with Crippen LogP contribution in [-0.2, 0) is 22.7 Å². The van der Waals surface area contributed by atoms with Crippen LogP contribution in [0.15, 0.2) is 40.9 Å². The molecule has 8 heteroatoms. The molecule has 1 atom stereocenters. The number of hydrogen-bond acceptors (Lipinski definition) is 5. The van der Waals surface area contributed by atoms with Gasteiger partial charge in [-0.05, 0) is 47.9 Å². The molecule has 2 heterocycles. The molecule has 1 saturated heterocycles. The van der Waals surface area contributed by atoms with Gasteiger partial charge >= 0.3 is 0 Å². The molecule has 30 heavy (non-hydrogen) atoms. The second-order valence-electron chi connectivity index (χ2n) is 7.30. The summed E-state index contributed by atoms with van der Waals surface area (Å²) in [6.07, 6.45) is 0.550. The lowest BCUT2D eigenvalue weighted by Crippen LogP contribution is -2.54. The Morgan fingerprint density at radius 2 is 1.80 bits per heavy atom. The highest BCUT2D eigenvalue weighted by Crippen LogP contribution is 2.32. The van der Waals surface area contributed by atoms with E-state index in [1.54, 1.807) is 36.3 Å². The predicted octanol–water partition coefficient (Wildman–Crippen LogP) is 3.14. The number of amides is 3. The number of likely N-dealkylation sites (tertiary alicyclic amines) is 1. The summed E-state index contributed by atoms with van der Waals surface area (Å²) in [7, 11) is 3.08. The number of nitrogens with zero attached hydrogens (tertiary/aromatic N) is 2. The number of halogens is 1. The van der Waals surface area contributed by atoms with Crippen LogP contribution < -0.4 is 9.47 Å². The zero-order valence-corrected chi connectivity index (χ0v) is 18.3. The zero-order valence-electron chi connectivity index (χ0n) is 16.7. The second-order valence-corrected chi connectivity index (χ2v) is 8.21. The lowest BCUT2D eigenvalue weighted by Gasteiger charge is -2.35. The number of fused-ring (bicyclic) bond motifs is 1. The smallest absolute Gasteiger partial charge is 0.255 e. The van der Waals surface area contributed by atoms with Crippen LogP contribution in [0.3, 0.4) is 0 Å². The number of methoxy groups -OCH3 is 2. The normalized spacial score (nSPS) is 18.6. The molecule has 2 aromatic rings. The molecule has 0 aromatic heterocycles. The molecule has 0 bridgehead atoms. The van der Waals surface area contributed by atoms with Gasteiger partial charge in [-0.25, -0.2) is 0 Å². The highest BCUT2D eigenvalue weighted by Gasteiger charge is 2.42. The van der Waals surface area contributed by atoms with E-state index in [9.17, 15) is 14.4 Å². The van der Waals surface area contributed by atoms with Gasteiger partial charge in [-0.2, -0.15) is 0 Å². The lowest BCUT2D eigenvalue weighted by atomic mass is 10.0. The fourth-order valence-corrected chi connectivity index (χ4v) is 4.41. The Labute approximate surface area is 182 Å². The monoisotopic (exact) mass is 472 g/mol.